The summed E-state index contributed by atoms with van der Waals surface area (Å²) in [6.07, 6.45) is 0. The molecule has 230 valence electrons. The Morgan fingerprint density at radius 3 is 1.29 bits per heavy atom. The molecule has 49 heavy (non-hydrogen) atoms. The van der Waals surface area contributed by atoms with Crippen molar-refractivity contribution in [3.63, 3.8) is 0 Å². The van der Waals surface area contributed by atoms with Crippen LogP contribution < -0.4 is 4.90 Å². The van der Waals surface area contributed by atoms with Crippen molar-refractivity contribution in [3.8, 4) is 33.4 Å². The normalized spacial score (nSPS) is 11.3. The maximum Gasteiger partial charge on any atom is 0.0462 e. The van der Waals surface area contributed by atoms with Crippen LogP contribution in [0.3, 0.4) is 0 Å². The summed E-state index contributed by atoms with van der Waals surface area (Å²) >= 11 is 0. The fourth-order valence-corrected chi connectivity index (χ4v) is 7.08. The van der Waals surface area contributed by atoms with E-state index in [1.165, 1.54) is 65.7 Å². The minimum atomic E-state index is 1.13. The molecule has 9 rings (SSSR count). The number of nitrogens with zero attached hydrogens (tertiary/aromatic N) is 1. The van der Waals surface area contributed by atoms with E-state index in [4.69, 9.17) is 0 Å². The molecule has 9 aromatic carbocycles. The maximum absolute atomic E-state index is 2.32. The summed E-state index contributed by atoms with van der Waals surface area (Å²) in [6, 6.07) is 72.4. The van der Waals surface area contributed by atoms with Crippen molar-refractivity contribution in [2.45, 2.75) is 0 Å². The van der Waals surface area contributed by atoms with Gasteiger partial charge in [-0.25, -0.2) is 0 Å². The third kappa shape index (κ3) is 5.52. The van der Waals surface area contributed by atoms with Crippen molar-refractivity contribution in [2.75, 3.05) is 4.90 Å². The fourth-order valence-electron chi connectivity index (χ4n) is 7.08. The predicted molar refractivity (Wildman–Crippen MR) is 210 cm³/mol. The summed E-state index contributed by atoms with van der Waals surface area (Å²) in [4.78, 5) is 2.30. The largest absolute Gasteiger partial charge is 0.311 e. The molecule has 1 heteroatoms. The summed E-state index contributed by atoms with van der Waals surface area (Å²) in [5.74, 6) is 0. The molecule has 0 atom stereocenters. The Morgan fingerprint density at radius 2 is 0.694 bits per heavy atom. The third-order valence-electron chi connectivity index (χ3n) is 9.60. The number of para-hydroxylation sites is 2. The second kappa shape index (κ2) is 12.3. The van der Waals surface area contributed by atoms with E-state index in [1.807, 2.05) is 0 Å². The molecule has 0 bridgehead atoms. The monoisotopic (exact) mass is 623 g/mol. The molecule has 0 aromatic heterocycles. The Balaban J connectivity index is 1.00. The van der Waals surface area contributed by atoms with Crippen LogP contribution in [0.5, 0.6) is 0 Å². The minimum absolute atomic E-state index is 1.13. The van der Waals surface area contributed by atoms with Crippen LogP contribution in [0.4, 0.5) is 17.1 Å². The zero-order valence-electron chi connectivity index (χ0n) is 27.0. The third-order valence-corrected chi connectivity index (χ3v) is 9.60. The molecule has 9 aromatic rings. The first-order valence-electron chi connectivity index (χ1n) is 16.8. The smallest absolute Gasteiger partial charge is 0.0462 e. The quantitative estimate of drug-likeness (QED) is 0.167. The number of rotatable bonds is 6. The molecule has 0 saturated heterocycles. The second-order valence-electron chi connectivity index (χ2n) is 12.6. The first-order valence-corrected chi connectivity index (χ1v) is 16.8. The maximum atomic E-state index is 2.32. The predicted octanol–water partition coefficient (Wildman–Crippen LogP) is 13.6. The van der Waals surface area contributed by atoms with Gasteiger partial charge >= 0.3 is 0 Å². The fraction of sp³-hybridized carbons (Fsp3) is 0. The van der Waals surface area contributed by atoms with Gasteiger partial charge in [-0.2, -0.15) is 0 Å². The van der Waals surface area contributed by atoms with Crippen molar-refractivity contribution >= 4 is 49.4 Å². The first-order chi connectivity index (χ1) is 24.3. The summed E-state index contributed by atoms with van der Waals surface area (Å²) in [7, 11) is 0. The van der Waals surface area contributed by atoms with Gasteiger partial charge in [0.25, 0.3) is 0 Å². The lowest BCUT2D eigenvalue weighted by atomic mass is 9.94. The zero-order valence-corrected chi connectivity index (χ0v) is 27.0. The van der Waals surface area contributed by atoms with E-state index in [-0.39, 0.29) is 0 Å². The van der Waals surface area contributed by atoms with Gasteiger partial charge in [-0.3, -0.25) is 0 Å². The van der Waals surface area contributed by atoms with E-state index in [2.05, 4.69) is 205 Å². The Morgan fingerprint density at radius 1 is 0.245 bits per heavy atom. The summed E-state index contributed by atoms with van der Waals surface area (Å²) in [5.41, 5.74) is 10.8. The van der Waals surface area contributed by atoms with E-state index in [0.29, 0.717) is 0 Å². The molecule has 0 N–H and O–H groups in total. The Kier molecular flexibility index (Phi) is 7.22. The molecule has 0 unspecified atom stereocenters. The van der Waals surface area contributed by atoms with Crippen LogP contribution in [0.15, 0.2) is 200 Å². The standard InChI is InChI=1S/C48H33N/c1-3-12-44(13-4-1)49(45-14-5-2-6-15-45)46-28-26-35(27-29-46)39-23-25-41-32-42-30-38(22-24-40(42)33-43(41)31-39)34-18-20-37(21-19-34)48-17-9-11-36-10-7-8-16-47(36)48/h1-33H. The van der Waals surface area contributed by atoms with Crippen LogP contribution in [0.2, 0.25) is 0 Å². The first kappa shape index (κ1) is 28.8. The van der Waals surface area contributed by atoms with Crippen molar-refractivity contribution in [3.05, 3.63) is 200 Å². The van der Waals surface area contributed by atoms with Crippen molar-refractivity contribution in [2.24, 2.45) is 0 Å². The molecular formula is C48H33N. The molecule has 0 aliphatic heterocycles. The van der Waals surface area contributed by atoms with E-state index in [0.717, 1.165) is 17.1 Å². The second-order valence-corrected chi connectivity index (χ2v) is 12.6. The molecule has 0 amide bonds. The summed E-state index contributed by atoms with van der Waals surface area (Å²) < 4.78 is 0. The van der Waals surface area contributed by atoms with Gasteiger partial charge in [0.05, 0.1) is 0 Å². The minimum Gasteiger partial charge on any atom is -0.311 e. The Labute approximate surface area is 287 Å². The van der Waals surface area contributed by atoms with Gasteiger partial charge in [-0.15, -0.1) is 0 Å². The van der Waals surface area contributed by atoms with Gasteiger partial charge in [0.2, 0.25) is 0 Å². The molecule has 0 aliphatic carbocycles. The molecule has 0 aliphatic rings. The number of hydrogen-bond acceptors (Lipinski definition) is 1. The average Bonchev–Trinajstić information content (AvgIpc) is 3.18. The lowest BCUT2D eigenvalue weighted by Crippen LogP contribution is -2.09. The van der Waals surface area contributed by atoms with Crippen molar-refractivity contribution in [1.82, 2.24) is 0 Å². The van der Waals surface area contributed by atoms with Gasteiger partial charge in [-0.1, -0.05) is 140 Å². The Bertz CT molecular complexity index is 2520. The van der Waals surface area contributed by atoms with Gasteiger partial charge in [0.1, 0.15) is 0 Å². The van der Waals surface area contributed by atoms with Crippen LogP contribution in [0.1, 0.15) is 0 Å². The van der Waals surface area contributed by atoms with Crippen LogP contribution >= 0.6 is 0 Å². The van der Waals surface area contributed by atoms with Crippen LogP contribution in [0, 0.1) is 0 Å². The SMILES string of the molecule is c1ccc(N(c2ccccc2)c2ccc(-c3ccc4cc5cc(-c6ccc(-c7cccc8ccccc78)cc6)ccc5cc4c3)cc2)cc1. The lowest BCUT2D eigenvalue weighted by Gasteiger charge is -2.25. The van der Waals surface area contributed by atoms with E-state index in [9.17, 15) is 0 Å². The van der Waals surface area contributed by atoms with E-state index >= 15 is 0 Å². The molecule has 0 saturated carbocycles. The summed E-state index contributed by atoms with van der Waals surface area (Å²) in [6.45, 7) is 0. The highest BCUT2D eigenvalue weighted by atomic mass is 15.1. The van der Waals surface area contributed by atoms with Gasteiger partial charge < -0.3 is 4.90 Å². The number of benzene rings is 9. The highest BCUT2D eigenvalue weighted by Crippen LogP contribution is 2.37. The van der Waals surface area contributed by atoms with Crippen LogP contribution in [-0.2, 0) is 0 Å². The van der Waals surface area contributed by atoms with Gasteiger partial charge in [0, 0.05) is 17.1 Å². The average molecular weight is 624 g/mol. The highest BCUT2D eigenvalue weighted by molar-refractivity contribution is 6.01. The number of fused-ring (bicyclic) bond motifs is 3. The molecular weight excluding hydrogens is 591 g/mol. The number of hydrogen-bond donors (Lipinski definition) is 0. The highest BCUT2D eigenvalue weighted by Gasteiger charge is 2.12. The summed E-state index contributed by atoms with van der Waals surface area (Å²) in [5, 5.41) is 7.55. The molecule has 0 spiro atoms. The van der Waals surface area contributed by atoms with Gasteiger partial charge in [0.15, 0.2) is 0 Å². The zero-order chi connectivity index (χ0) is 32.6. The number of anilines is 3. The van der Waals surface area contributed by atoms with E-state index < -0.39 is 0 Å². The molecule has 0 fully saturated rings. The van der Waals surface area contributed by atoms with E-state index in [1.54, 1.807) is 0 Å². The molecule has 0 radical (unpaired) electrons. The molecule has 1 nitrogen and oxygen atoms in total. The van der Waals surface area contributed by atoms with Gasteiger partial charge in [-0.05, 0) is 126 Å². The Hall–Kier alpha value is -6.44. The molecule has 0 heterocycles. The topological polar surface area (TPSA) is 3.24 Å². The lowest BCUT2D eigenvalue weighted by molar-refractivity contribution is 1.28. The van der Waals surface area contributed by atoms with Crippen molar-refractivity contribution in [1.29, 1.82) is 0 Å². The van der Waals surface area contributed by atoms with Crippen LogP contribution in [0.25, 0.3) is 65.7 Å². The van der Waals surface area contributed by atoms with Crippen molar-refractivity contribution < 1.29 is 0 Å². The van der Waals surface area contributed by atoms with Crippen LogP contribution in [-0.4, -0.2) is 0 Å².